The maximum Gasteiger partial charge on any atom is 0.255 e. The van der Waals surface area contributed by atoms with Crippen LogP contribution in [0.2, 0.25) is 0 Å². The minimum atomic E-state index is -2.62. The van der Waals surface area contributed by atoms with E-state index in [-0.39, 0.29) is 48.5 Å². The fraction of sp³-hybridized carbons (Fsp3) is 0.290. The van der Waals surface area contributed by atoms with Crippen LogP contribution < -0.4 is 16.0 Å². The Morgan fingerprint density at radius 2 is 1.89 bits per heavy atom. The van der Waals surface area contributed by atoms with Gasteiger partial charge in [0.1, 0.15) is 28.7 Å². The third kappa shape index (κ3) is 4.42. The Bertz CT molecular complexity index is 1810. The standard InChI is InChI=1S/C31H29FN4O7S/c1-36(2)20-9-15(11-34-30-35-19(12-44-30)13-3-5-17(32)6-4-13)25(38)23-18(20)8-14-7-16-10-21(37)24(29(33)42)28(41)31(16,43)27(40)22(14)26(23)39/h3-6,9,12,14,16,37-38,40,43H,7-8,10-11H2,1-2H3,(H2,33,42)(H,34,35)/t14-,16+,31+/m1/s1. The molecule has 6 rings (SSSR count). The predicted octanol–water partition coefficient (Wildman–Crippen LogP) is 3.52. The Balaban J connectivity index is 1.37. The predicted molar refractivity (Wildman–Crippen MR) is 160 cm³/mol. The highest BCUT2D eigenvalue weighted by molar-refractivity contribution is 7.14. The van der Waals surface area contributed by atoms with E-state index < -0.39 is 52.0 Å². The molecule has 1 aromatic heterocycles. The molecule has 0 aliphatic heterocycles. The number of carbonyl (C=O) groups excluding carboxylic acids is 3. The normalized spacial score (nSPS) is 22.8. The number of primary amides is 1. The van der Waals surface area contributed by atoms with E-state index in [1.165, 1.54) is 23.5 Å². The van der Waals surface area contributed by atoms with Crippen LogP contribution in [0.25, 0.3) is 11.3 Å². The number of anilines is 2. The van der Waals surface area contributed by atoms with Crippen molar-refractivity contribution < 1.29 is 39.2 Å². The number of nitrogens with one attached hydrogen (secondary N) is 1. The molecule has 3 aliphatic rings. The van der Waals surface area contributed by atoms with Crippen LogP contribution >= 0.6 is 11.3 Å². The number of aliphatic hydroxyl groups is 3. The summed E-state index contributed by atoms with van der Waals surface area (Å²) in [7, 11) is 3.58. The van der Waals surface area contributed by atoms with Crippen molar-refractivity contribution in [1.29, 1.82) is 0 Å². The van der Waals surface area contributed by atoms with Gasteiger partial charge in [-0.15, -0.1) is 11.3 Å². The molecule has 3 atom stereocenters. The number of Topliss-reactive ketones (excluding diaryl/α,β-unsaturated/α-hetero) is 2. The van der Waals surface area contributed by atoms with Crippen molar-refractivity contribution in [3.8, 4) is 17.0 Å². The summed E-state index contributed by atoms with van der Waals surface area (Å²) in [5.74, 6) is -7.03. The van der Waals surface area contributed by atoms with Crippen LogP contribution in [-0.2, 0) is 22.6 Å². The van der Waals surface area contributed by atoms with Crippen LogP contribution in [0.4, 0.5) is 15.2 Å². The van der Waals surface area contributed by atoms with Gasteiger partial charge in [-0.2, -0.15) is 0 Å². The van der Waals surface area contributed by atoms with E-state index in [2.05, 4.69) is 10.3 Å². The SMILES string of the molecule is CN(C)c1cc(CNc2nc(-c3ccc(F)cc3)cs2)c(O)c2c1C[C@H]1C[C@H]3CC(O)=C(C(N)=O)C(=O)[C@@]3(O)C(O)=C1C2=O. The number of phenols is 1. The van der Waals surface area contributed by atoms with Crippen molar-refractivity contribution >= 4 is 39.6 Å². The number of carbonyl (C=O) groups is 3. The van der Waals surface area contributed by atoms with E-state index in [1.807, 2.05) is 0 Å². The smallest absolute Gasteiger partial charge is 0.255 e. The topological polar surface area (TPSA) is 186 Å². The number of hydrogen-bond acceptors (Lipinski definition) is 11. The zero-order valence-electron chi connectivity index (χ0n) is 23.7. The van der Waals surface area contributed by atoms with Crippen LogP contribution in [-0.4, -0.2) is 62.6 Å². The molecule has 13 heteroatoms. The molecular formula is C31H29FN4O7S. The molecule has 7 N–H and O–H groups in total. The largest absolute Gasteiger partial charge is 0.511 e. The van der Waals surface area contributed by atoms with E-state index in [0.717, 1.165) is 5.56 Å². The van der Waals surface area contributed by atoms with Crippen molar-refractivity contribution in [1.82, 2.24) is 4.98 Å². The van der Waals surface area contributed by atoms with E-state index in [4.69, 9.17) is 5.73 Å². The first-order valence-corrected chi connectivity index (χ1v) is 14.7. The number of halogens is 1. The Morgan fingerprint density at radius 1 is 1.18 bits per heavy atom. The Labute approximate surface area is 254 Å². The van der Waals surface area contributed by atoms with Gasteiger partial charge in [-0.25, -0.2) is 9.37 Å². The highest BCUT2D eigenvalue weighted by Gasteiger charge is 2.59. The van der Waals surface area contributed by atoms with Crippen molar-refractivity contribution in [3.05, 3.63) is 80.9 Å². The van der Waals surface area contributed by atoms with Gasteiger partial charge in [0, 0.05) is 60.7 Å². The molecule has 2 aromatic carbocycles. The molecule has 0 unspecified atom stereocenters. The summed E-state index contributed by atoms with van der Waals surface area (Å²) in [5, 5.41) is 50.0. The van der Waals surface area contributed by atoms with Crippen LogP contribution in [0.1, 0.15) is 34.3 Å². The second-order valence-corrected chi connectivity index (χ2v) is 12.3. The number of aromatic hydroxyl groups is 1. The number of nitrogens with zero attached hydrogens (tertiary/aromatic N) is 2. The van der Waals surface area contributed by atoms with Crippen molar-refractivity contribution in [3.63, 3.8) is 0 Å². The summed E-state index contributed by atoms with van der Waals surface area (Å²) in [4.78, 5) is 45.5. The molecule has 3 aromatic rings. The number of amides is 1. The highest BCUT2D eigenvalue weighted by Crippen LogP contribution is 2.52. The monoisotopic (exact) mass is 620 g/mol. The number of allylic oxidation sites excluding steroid dienone is 2. The summed E-state index contributed by atoms with van der Waals surface area (Å²) < 4.78 is 13.3. The maximum absolute atomic E-state index is 14.0. The number of aliphatic hydroxyl groups excluding tert-OH is 2. The Morgan fingerprint density at radius 3 is 2.55 bits per heavy atom. The number of aromatic nitrogens is 1. The average molecular weight is 621 g/mol. The maximum atomic E-state index is 14.0. The lowest BCUT2D eigenvalue weighted by Gasteiger charge is -2.46. The summed E-state index contributed by atoms with van der Waals surface area (Å²) in [6, 6.07) is 7.69. The lowest BCUT2D eigenvalue weighted by Crippen LogP contribution is -2.57. The summed E-state index contributed by atoms with van der Waals surface area (Å²) in [6.45, 7) is 0.0780. The van der Waals surface area contributed by atoms with Crippen LogP contribution in [0, 0.1) is 17.7 Å². The number of ketones is 2. The molecule has 0 fully saturated rings. The van der Waals surface area contributed by atoms with E-state index in [9.17, 15) is 39.2 Å². The number of nitrogens with two attached hydrogens (primary N) is 1. The Kier molecular flexibility index (Phi) is 6.97. The first-order chi connectivity index (χ1) is 20.8. The summed E-state index contributed by atoms with van der Waals surface area (Å²) in [5.41, 5.74) is 4.49. The van der Waals surface area contributed by atoms with Crippen molar-refractivity contribution in [2.75, 3.05) is 24.3 Å². The fourth-order valence-electron chi connectivity index (χ4n) is 6.53. The zero-order valence-corrected chi connectivity index (χ0v) is 24.5. The molecule has 228 valence electrons. The lowest BCUT2D eigenvalue weighted by molar-refractivity contribution is -0.144. The molecule has 44 heavy (non-hydrogen) atoms. The number of fused-ring (bicyclic) bond motifs is 3. The van der Waals surface area contributed by atoms with Crippen molar-refractivity contribution in [2.45, 2.75) is 31.4 Å². The van der Waals surface area contributed by atoms with Crippen molar-refractivity contribution in [2.24, 2.45) is 17.6 Å². The van der Waals surface area contributed by atoms with Gasteiger partial charge in [-0.05, 0) is 54.7 Å². The van der Waals surface area contributed by atoms with Gasteiger partial charge in [0.25, 0.3) is 5.91 Å². The number of hydrogen-bond donors (Lipinski definition) is 6. The summed E-state index contributed by atoms with van der Waals surface area (Å²) in [6.07, 6.45) is -0.0254. The molecular weight excluding hydrogens is 591 g/mol. The van der Waals surface area contributed by atoms with Gasteiger partial charge in [0.15, 0.2) is 16.5 Å². The molecule has 3 aliphatic carbocycles. The third-order valence-corrected chi connectivity index (χ3v) is 9.47. The molecule has 0 radical (unpaired) electrons. The zero-order chi connectivity index (χ0) is 31.7. The van der Waals surface area contributed by atoms with Gasteiger partial charge >= 0.3 is 0 Å². The van der Waals surface area contributed by atoms with Crippen LogP contribution in [0.15, 0.2) is 58.4 Å². The molecule has 11 nitrogen and oxygen atoms in total. The average Bonchev–Trinajstić information content (AvgIpc) is 3.43. The van der Waals surface area contributed by atoms with Crippen LogP contribution in [0.3, 0.4) is 0 Å². The number of thiazole rings is 1. The van der Waals surface area contributed by atoms with Gasteiger partial charge in [0.05, 0.1) is 11.3 Å². The molecule has 0 saturated heterocycles. The second kappa shape index (κ2) is 10.5. The van der Waals surface area contributed by atoms with E-state index in [1.54, 1.807) is 42.6 Å². The van der Waals surface area contributed by atoms with E-state index >= 15 is 0 Å². The molecule has 0 bridgehead atoms. The molecule has 0 spiro atoms. The van der Waals surface area contributed by atoms with Gasteiger partial charge in [-0.1, -0.05) is 0 Å². The van der Waals surface area contributed by atoms with Crippen LogP contribution in [0.5, 0.6) is 5.75 Å². The molecule has 1 amide bonds. The first-order valence-electron chi connectivity index (χ1n) is 13.8. The third-order valence-electron chi connectivity index (χ3n) is 8.67. The van der Waals surface area contributed by atoms with Gasteiger partial charge in [-0.3, -0.25) is 14.4 Å². The molecule has 1 heterocycles. The van der Waals surface area contributed by atoms with E-state index in [0.29, 0.717) is 27.6 Å². The number of benzene rings is 2. The number of rotatable bonds is 6. The summed E-state index contributed by atoms with van der Waals surface area (Å²) >= 11 is 1.31. The minimum Gasteiger partial charge on any atom is -0.511 e. The fourth-order valence-corrected chi connectivity index (χ4v) is 7.25. The van der Waals surface area contributed by atoms with Gasteiger partial charge in [0.2, 0.25) is 5.78 Å². The van der Waals surface area contributed by atoms with Gasteiger partial charge < -0.3 is 36.4 Å². The number of phenolic OH excluding ortho intramolecular Hbond substituents is 1. The lowest BCUT2D eigenvalue weighted by atomic mass is 9.60. The molecule has 0 saturated carbocycles. The quantitative estimate of drug-likeness (QED) is 0.223. The highest BCUT2D eigenvalue weighted by atomic mass is 32.1. The second-order valence-electron chi connectivity index (χ2n) is 11.5. The minimum absolute atomic E-state index is 0.0558. The Hall–Kier alpha value is -4.75. The first kappa shape index (κ1) is 29.3.